The van der Waals surface area contributed by atoms with E-state index in [9.17, 15) is 0 Å². The van der Waals surface area contributed by atoms with Crippen LogP contribution < -0.4 is 5.73 Å². The molecule has 2 saturated heterocycles. The first-order valence-electron chi connectivity index (χ1n) is 5.74. The molecule has 2 unspecified atom stereocenters. The van der Waals surface area contributed by atoms with Crippen LogP contribution in [0.2, 0.25) is 0 Å². The number of nitrogens with zero attached hydrogens (tertiary/aromatic N) is 2. The summed E-state index contributed by atoms with van der Waals surface area (Å²) in [5.74, 6) is 1.46. The van der Waals surface area contributed by atoms with E-state index < -0.39 is 0 Å². The quantitative estimate of drug-likeness (QED) is 0.532. The van der Waals surface area contributed by atoms with Crippen LogP contribution in [0.3, 0.4) is 0 Å². The first kappa shape index (κ1) is 9.97. The third kappa shape index (κ3) is 1.65. The Morgan fingerprint density at radius 3 is 2.43 bits per heavy atom. The average molecular weight is 195 g/mol. The van der Waals surface area contributed by atoms with Gasteiger partial charge in [-0.1, -0.05) is 0 Å². The van der Waals surface area contributed by atoms with Crippen LogP contribution >= 0.6 is 0 Å². The largest absolute Gasteiger partial charge is 0.387 e. The van der Waals surface area contributed by atoms with Crippen molar-refractivity contribution >= 4 is 5.84 Å². The number of rotatable bonds is 2. The zero-order valence-corrected chi connectivity index (χ0v) is 9.24. The summed E-state index contributed by atoms with van der Waals surface area (Å²) in [5.41, 5.74) is 5.99. The van der Waals surface area contributed by atoms with Crippen LogP contribution in [0.5, 0.6) is 0 Å². The molecule has 0 amide bonds. The minimum Gasteiger partial charge on any atom is -0.387 e. The smallest absolute Gasteiger partial charge is 0.0969 e. The minimum absolute atomic E-state index is 0.559. The fraction of sp³-hybridized carbons (Fsp3) is 0.909. The highest BCUT2D eigenvalue weighted by Gasteiger charge is 2.39. The van der Waals surface area contributed by atoms with Gasteiger partial charge in [0.2, 0.25) is 0 Å². The number of fused-ring (bicyclic) bond motifs is 2. The highest BCUT2D eigenvalue weighted by molar-refractivity contribution is 5.83. The number of hydrogen-bond acceptors (Lipinski definition) is 2. The maximum atomic E-state index is 5.99. The Morgan fingerprint density at radius 2 is 1.93 bits per heavy atom. The van der Waals surface area contributed by atoms with Crippen molar-refractivity contribution < 1.29 is 0 Å². The molecule has 0 spiro atoms. The second kappa shape index (κ2) is 3.89. The minimum atomic E-state index is 0.559. The monoisotopic (exact) mass is 195 g/mol. The zero-order valence-electron chi connectivity index (χ0n) is 9.24. The van der Waals surface area contributed by atoms with Crippen molar-refractivity contribution in [2.45, 2.75) is 44.7 Å². The Morgan fingerprint density at radius 1 is 1.36 bits per heavy atom. The van der Waals surface area contributed by atoms with E-state index in [-0.39, 0.29) is 0 Å². The number of hydrogen-bond donors (Lipinski definition) is 1. The van der Waals surface area contributed by atoms with Gasteiger partial charge in [0, 0.05) is 24.5 Å². The molecule has 2 rings (SSSR count). The summed E-state index contributed by atoms with van der Waals surface area (Å²) in [4.78, 5) is 6.88. The van der Waals surface area contributed by atoms with Gasteiger partial charge in [-0.25, -0.2) is 0 Å². The molecule has 3 heteroatoms. The molecular formula is C11H21N3. The van der Waals surface area contributed by atoms with Gasteiger partial charge < -0.3 is 10.6 Å². The molecule has 2 N–H and O–H groups in total. The van der Waals surface area contributed by atoms with Gasteiger partial charge in [-0.05, 0) is 39.7 Å². The van der Waals surface area contributed by atoms with E-state index in [1.165, 1.54) is 25.7 Å². The number of piperidine rings is 1. The zero-order chi connectivity index (χ0) is 10.1. The van der Waals surface area contributed by atoms with Crippen LogP contribution in [0.4, 0.5) is 0 Å². The van der Waals surface area contributed by atoms with E-state index in [0.29, 0.717) is 5.92 Å². The number of amidine groups is 1. The van der Waals surface area contributed by atoms with Crippen molar-refractivity contribution in [3.8, 4) is 0 Å². The molecule has 0 saturated carbocycles. The summed E-state index contributed by atoms with van der Waals surface area (Å²) in [5, 5.41) is 0. The van der Waals surface area contributed by atoms with Crippen molar-refractivity contribution in [3.05, 3.63) is 0 Å². The lowest BCUT2D eigenvalue weighted by atomic mass is 9.90. The van der Waals surface area contributed by atoms with Gasteiger partial charge in [0.25, 0.3) is 0 Å². The molecule has 2 aliphatic rings. The summed E-state index contributed by atoms with van der Waals surface area (Å²) < 4.78 is 0. The Bertz CT molecular complexity index is 223. The van der Waals surface area contributed by atoms with E-state index in [1.807, 2.05) is 0 Å². The molecule has 0 aromatic rings. The fourth-order valence-electron chi connectivity index (χ4n) is 2.96. The predicted octanol–water partition coefficient (Wildman–Crippen LogP) is 1.24. The lowest BCUT2D eigenvalue weighted by Crippen LogP contribution is -2.43. The van der Waals surface area contributed by atoms with Crippen molar-refractivity contribution in [1.29, 1.82) is 0 Å². The standard InChI is InChI=1S/C11H21N3/c1-3-13-11(12)8-6-9-4-5-10(7-8)14(9)2/h8-10H,3-7H2,1-2H3,(H2,12,13). The summed E-state index contributed by atoms with van der Waals surface area (Å²) in [6.07, 6.45) is 5.17. The lowest BCUT2D eigenvalue weighted by Gasteiger charge is -2.36. The first-order valence-corrected chi connectivity index (χ1v) is 5.74. The normalized spacial score (nSPS) is 39.0. The highest BCUT2D eigenvalue weighted by Crippen LogP contribution is 2.37. The molecule has 0 aromatic carbocycles. The third-order valence-corrected chi connectivity index (χ3v) is 3.86. The van der Waals surface area contributed by atoms with Gasteiger partial charge >= 0.3 is 0 Å². The third-order valence-electron chi connectivity index (χ3n) is 3.86. The number of aliphatic imine (C=N–C) groups is 1. The van der Waals surface area contributed by atoms with E-state index in [4.69, 9.17) is 5.73 Å². The van der Waals surface area contributed by atoms with Gasteiger partial charge in [-0.15, -0.1) is 0 Å². The maximum Gasteiger partial charge on any atom is 0.0969 e. The van der Waals surface area contributed by atoms with Crippen LogP contribution in [0.25, 0.3) is 0 Å². The van der Waals surface area contributed by atoms with E-state index in [2.05, 4.69) is 23.9 Å². The Labute approximate surface area is 86.4 Å². The summed E-state index contributed by atoms with van der Waals surface area (Å²) >= 11 is 0. The lowest BCUT2D eigenvalue weighted by molar-refractivity contribution is 0.158. The van der Waals surface area contributed by atoms with E-state index in [0.717, 1.165) is 24.5 Å². The Hall–Kier alpha value is -0.570. The van der Waals surface area contributed by atoms with E-state index in [1.54, 1.807) is 0 Å². The molecule has 0 radical (unpaired) electrons. The molecule has 2 atom stereocenters. The van der Waals surface area contributed by atoms with Crippen LogP contribution in [0.15, 0.2) is 4.99 Å². The molecular weight excluding hydrogens is 174 g/mol. The Balaban J connectivity index is 2.02. The molecule has 3 nitrogen and oxygen atoms in total. The first-order chi connectivity index (χ1) is 6.72. The molecule has 2 fully saturated rings. The molecule has 0 aromatic heterocycles. The molecule has 0 aliphatic carbocycles. The van der Waals surface area contributed by atoms with Gasteiger partial charge in [-0.2, -0.15) is 0 Å². The molecule has 80 valence electrons. The Kier molecular flexibility index (Phi) is 2.77. The SMILES string of the molecule is CCN=C(N)C1CC2CCC(C1)N2C. The van der Waals surface area contributed by atoms with Crippen LogP contribution in [0.1, 0.15) is 32.6 Å². The van der Waals surface area contributed by atoms with Crippen molar-refractivity contribution in [3.63, 3.8) is 0 Å². The molecule has 2 heterocycles. The summed E-state index contributed by atoms with van der Waals surface area (Å²) in [6.45, 7) is 2.88. The van der Waals surface area contributed by atoms with Crippen molar-refractivity contribution in [2.75, 3.05) is 13.6 Å². The van der Waals surface area contributed by atoms with Crippen LogP contribution in [-0.4, -0.2) is 36.4 Å². The second-order valence-electron chi connectivity index (χ2n) is 4.62. The van der Waals surface area contributed by atoms with Crippen molar-refractivity contribution in [2.24, 2.45) is 16.6 Å². The van der Waals surface area contributed by atoms with Crippen LogP contribution in [0, 0.1) is 5.92 Å². The summed E-state index contributed by atoms with van der Waals surface area (Å²) in [6, 6.07) is 1.54. The summed E-state index contributed by atoms with van der Waals surface area (Å²) in [7, 11) is 2.26. The van der Waals surface area contributed by atoms with Crippen molar-refractivity contribution in [1.82, 2.24) is 4.90 Å². The topological polar surface area (TPSA) is 41.6 Å². The van der Waals surface area contributed by atoms with Crippen LogP contribution in [-0.2, 0) is 0 Å². The molecule has 14 heavy (non-hydrogen) atoms. The molecule has 2 bridgehead atoms. The van der Waals surface area contributed by atoms with Gasteiger partial charge in [0.05, 0.1) is 5.84 Å². The average Bonchev–Trinajstić information content (AvgIpc) is 2.42. The molecule has 2 aliphatic heterocycles. The van der Waals surface area contributed by atoms with E-state index >= 15 is 0 Å². The predicted molar refractivity (Wildman–Crippen MR) is 59.5 cm³/mol. The fourth-order valence-corrected chi connectivity index (χ4v) is 2.96. The highest BCUT2D eigenvalue weighted by atomic mass is 15.2. The maximum absolute atomic E-state index is 5.99. The van der Waals surface area contributed by atoms with Gasteiger partial charge in [0.1, 0.15) is 0 Å². The van der Waals surface area contributed by atoms with Gasteiger partial charge in [0.15, 0.2) is 0 Å². The van der Waals surface area contributed by atoms with Gasteiger partial charge in [-0.3, -0.25) is 4.99 Å². The number of nitrogens with two attached hydrogens (primary N) is 1. The second-order valence-corrected chi connectivity index (χ2v) is 4.62.